The first-order valence-electron chi connectivity index (χ1n) is 11.7. The van der Waals surface area contributed by atoms with Gasteiger partial charge in [0.05, 0.1) is 11.0 Å². The Labute approximate surface area is 221 Å². The van der Waals surface area contributed by atoms with Crippen molar-refractivity contribution < 1.29 is 5.11 Å². The van der Waals surface area contributed by atoms with Gasteiger partial charge in [0.1, 0.15) is 5.75 Å². The lowest BCUT2D eigenvalue weighted by Crippen LogP contribution is -1.96. The second kappa shape index (κ2) is 9.59. The largest absolute Gasteiger partial charge is 0.507 e. The molecule has 0 aliphatic heterocycles. The molecular weight excluding hydrogens is 455 g/mol. The highest BCUT2D eigenvalue weighted by Crippen LogP contribution is 2.47. The van der Waals surface area contributed by atoms with Gasteiger partial charge in [-0.2, -0.15) is 0 Å². The number of aromatic nitrogens is 2. The number of hydrogen-bond donors (Lipinski definition) is 1. The van der Waals surface area contributed by atoms with Gasteiger partial charge in [0.15, 0.2) is 0 Å². The van der Waals surface area contributed by atoms with E-state index in [1.165, 1.54) is 0 Å². The highest BCUT2D eigenvalue weighted by molar-refractivity contribution is 6.08. The number of aromatic hydroxyl groups is 1. The average Bonchev–Trinajstić information content (AvgIpc) is 2.88. The summed E-state index contributed by atoms with van der Waals surface area (Å²) in [7, 11) is 0. The van der Waals surface area contributed by atoms with E-state index in [9.17, 15) is 5.11 Å². The smallest absolute Gasteiger partial charge is 0.124 e. The van der Waals surface area contributed by atoms with E-state index in [0.29, 0.717) is 0 Å². The Morgan fingerprint density at radius 2 is 1.06 bits per heavy atom. The number of phenolic OH excluding ortho intramolecular Hbond substituents is 1. The Bertz CT molecular complexity index is 1730. The second-order valence-electron chi connectivity index (χ2n) is 8.91. The van der Waals surface area contributed by atoms with Crippen LogP contribution < -0.4 is 0 Å². The molecule has 0 amide bonds. The normalized spacial score (nSPS) is 10.9. The lowest BCUT2D eigenvalue weighted by atomic mass is 9.85. The maximum Gasteiger partial charge on any atom is 0.124 e. The van der Waals surface area contributed by atoms with E-state index in [1.54, 1.807) is 6.07 Å². The first kappa shape index (κ1) is 23.8. The van der Waals surface area contributed by atoms with Crippen molar-refractivity contribution >= 4 is 39.2 Å². The zero-order valence-electron chi connectivity index (χ0n) is 20.2. The van der Waals surface area contributed by atoms with Gasteiger partial charge in [-0.1, -0.05) is 84.9 Å². The maximum atomic E-state index is 11.4. The predicted molar refractivity (Wildman–Crippen MR) is 150 cm³/mol. The van der Waals surface area contributed by atoms with Crippen LogP contribution in [0.5, 0.6) is 5.75 Å². The number of rotatable bonds is 3. The van der Waals surface area contributed by atoms with Crippen LogP contribution in [-0.4, -0.2) is 32.4 Å². The number of pyridine rings is 2. The molecule has 0 spiro atoms. The molecule has 6 aromatic rings. The highest BCUT2D eigenvalue weighted by atomic mass is 27.0. The van der Waals surface area contributed by atoms with E-state index in [4.69, 9.17) is 9.97 Å². The molecule has 0 saturated carbocycles. The molecule has 2 aromatic heterocycles. The zero-order chi connectivity index (χ0) is 23.9. The summed E-state index contributed by atoms with van der Waals surface area (Å²) in [6.07, 6.45) is 0. The molecule has 0 saturated heterocycles. The summed E-state index contributed by atoms with van der Waals surface area (Å²) >= 11 is 0. The lowest BCUT2D eigenvalue weighted by molar-refractivity contribution is 0.477. The van der Waals surface area contributed by atoms with E-state index in [1.807, 2.05) is 62.4 Å². The average molecular weight is 480 g/mol. The van der Waals surface area contributed by atoms with Gasteiger partial charge in [0.25, 0.3) is 0 Å². The first-order valence-corrected chi connectivity index (χ1v) is 11.7. The van der Waals surface area contributed by atoms with E-state index in [2.05, 4.69) is 48.5 Å². The van der Waals surface area contributed by atoms with Crippen LogP contribution in [0.3, 0.4) is 0 Å². The van der Waals surface area contributed by atoms with Crippen molar-refractivity contribution in [3.63, 3.8) is 0 Å². The molecule has 1 N–H and O–H groups in total. The van der Waals surface area contributed by atoms with Crippen molar-refractivity contribution in [1.82, 2.24) is 9.97 Å². The maximum absolute atomic E-state index is 11.4. The Morgan fingerprint density at radius 3 is 1.64 bits per heavy atom. The van der Waals surface area contributed by atoms with Crippen LogP contribution >= 0.6 is 0 Å². The van der Waals surface area contributed by atoms with Gasteiger partial charge in [-0.25, -0.2) is 0 Å². The predicted octanol–water partition coefficient (Wildman–Crippen LogP) is 7.73. The first-order chi connectivity index (χ1) is 17.1. The highest BCUT2D eigenvalue weighted by Gasteiger charge is 2.22. The second-order valence-corrected chi connectivity index (χ2v) is 8.91. The van der Waals surface area contributed by atoms with E-state index < -0.39 is 0 Å². The molecule has 0 aliphatic rings. The summed E-state index contributed by atoms with van der Waals surface area (Å²) < 4.78 is 0. The van der Waals surface area contributed by atoms with Gasteiger partial charge in [-0.15, -0.1) is 0 Å². The van der Waals surface area contributed by atoms with E-state index >= 15 is 0 Å². The lowest BCUT2D eigenvalue weighted by Gasteiger charge is -2.20. The fourth-order valence-electron chi connectivity index (χ4n) is 4.90. The molecule has 0 bridgehead atoms. The van der Waals surface area contributed by atoms with Gasteiger partial charge in [-0.05, 0) is 43.2 Å². The van der Waals surface area contributed by atoms with Gasteiger partial charge < -0.3 is 5.11 Å². The third-order valence-electron chi connectivity index (χ3n) is 6.53. The molecule has 6 rings (SSSR count). The minimum atomic E-state index is 0. The summed E-state index contributed by atoms with van der Waals surface area (Å²) in [5, 5.41) is 13.5. The van der Waals surface area contributed by atoms with Crippen molar-refractivity contribution in [2.75, 3.05) is 0 Å². The van der Waals surface area contributed by atoms with Gasteiger partial charge in [0, 0.05) is 61.8 Å². The fraction of sp³-hybridized carbons (Fsp3) is 0.0625. The number of fused-ring (bicyclic) bond motifs is 2. The molecule has 4 aromatic carbocycles. The molecule has 0 unspecified atom stereocenters. The van der Waals surface area contributed by atoms with Crippen molar-refractivity contribution in [2.24, 2.45) is 0 Å². The standard InChI is InChI=1S/C32H24N2O.Al/c1-20-14-16-23-10-6-12-26(31(23)33-20)29-25(22-8-4-3-5-9-22)18-19-28(35)30(29)27-13-7-11-24-17-15-21(2)34-32(24)27;/h3-19,35H,1-2H3;. The Hall–Kier alpha value is -3.97. The number of hydrogen-bond acceptors (Lipinski definition) is 3. The van der Waals surface area contributed by atoms with E-state index in [0.717, 1.165) is 66.6 Å². The van der Waals surface area contributed by atoms with Gasteiger partial charge >= 0.3 is 0 Å². The van der Waals surface area contributed by atoms with Crippen LogP contribution in [0.1, 0.15) is 11.4 Å². The minimum absolute atomic E-state index is 0. The summed E-state index contributed by atoms with van der Waals surface area (Å²) in [6.45, 7) is 4.00. The molecule has 2 heterocycles. The monoisotopic (exact) mass is 479 g/mol. The summed E-state index contributed by atoms with van der Waals surface area (Å²) in [4.78, 5) is 9.81. The molecule has 3 nitrogen and oxygen atoms in total. The summed E-state index contributed by atoms with van der Waals surface area (Å²) in [5.41, 5.74) is 9.42. The number of nitrogens with zero attached hydrogens (tertiary/aromatic N) is 2. The Morgan fingerprint density at radius 1 is 0.500 bits per heavy atom. The summed E-state index contributed by atoms with van der Waals surface area (Å²) in [5.74, 6) is 0.222. The van der Waals surface area contributed by atoms with Gasteiger partial charge in [-0.3, -0.25) is 9.97 Å². The molecule has 0 fully saturated rings. The van der Waals surface area contributed by atoms with Crippen LogP contribution in [0.4, 0.5) is 0 Å². The van der Waals surface area contributed by atoms with Crippen LogP contribution in [0.25, 0.3) is 55.2 Å². The Balaban J connectivity index is 0.00000267. The van der Waals surface area contributed by atoms with Crippen molar-refractivity contribution in [3.8, 4) is 39.1 Å². The number of aryl methyl sites for hydroxylation is 2. The van der Waals surface area contributed by atoms with Crippen molar-refractivity contribution in [3.05, 3.63) is 115 Å². The molecular formula is C32H24AlN2O. The number of benzene rings is 4. The quantitative estimate of drug-likeness (QED) is 0.264. The minimum Gasteiger partial charge on any atom is -0.507 e. The van der Waals surface area contributed by atoms with Crippen LogP contribution in [-0.2, 0) is 0 Å². The third kappa shape index (κ3) is 4.05. The van der Waals surface area contributed by atoms with Crippen LogP contribution in [0.15, 0.2) is 103 Å². The fourth-order valence-corrected chi connectivity index (χ4v) is 4.90. The summed E-state index contributed by atoms with van der Waals surface area (Å²) in [6, 6.07) is 34.7. The molecule has 0 atom stereocenters. The molecule has 0 aliphatic carbocycles. The van der Waals surface area contributed by atoms with E-state index in [-0.39, 0.29) is 23.1 Å². The number of phenols is 1. The Kier molecular flexibility index (Phi) is 6.33. The number of para-hydroxylation sites is 2. The molecule has 4 heteroatoms. The van der Waals surface area contributed by atoms with Crippen molar-refractivity contribution in [1.29, 1.82) is 0 Å². The van der Waals surface area contributed by atoms with Crippen LogP contribution in [0, 0.1) is 13.8 Å². The third-order valence-corrected chi connectivity index (χ3v) is 6.53. The zero-order valence-corrected chi connectivity index (χ0v) is 21.4. The molecule has 3 radical (unpaired) electrons. The SMILES string of the molecule is Cc1ccc2cccc(-c3c(O)ccc(-c4ccccc4)c3-c3cccc4ccc(C)nc34)c2n1.[Al]. The molecule has 171 valence electrons. The van der Waals surface area contributed by atoms with Gasteiger partial charge in [0.2, 0.25) is 0 Å². The van der Waals surface area contributed by atoms with Crippen LogP contribution in [0.2, 0.25) is 0 Å². The van der Waals surface area contributed by atoms with Crippen molar-refractivity contribution in [2.45, 2.75) is 13.8 Å². The topological polar surface area (TPSA) is 46.0 Å². The molecule has 36 heavy (non-hydrogen) atoms.